The predicted molar refractivity (Wildman–Crippen MR) is 193 cm³/mol. The largest absolute Gasteiger partial charge is 0.497 e. The van der Waals surface area contributed by atoms with Crippen LogP contribution in [0, 0.1) is 6.92 Å². The summed E-state index contributed by atoms with van der Waals surface area (Å²) in [5.74, 6) is 1.30. The van der Waals surface area contributed by atoms with Gasteiger partial charge in [-0.1, -0.05) is 38.1 Å². The number of likely N-dealkylation sites (N-methyl/N-ethyl adjacent to an activating group) is 2. The molecule has 49 heavy (non-hydrogen) atoms. The number of nitrogens with zero attached hydrogens (tertiary/aromatic N) is 5. The van der Waals surface area contributed by atoms with Crippen LogP contribution in [0.25, 0.3) is 0 Å². The summed E-state index contributed by atoms with van der Waals surface area (Å²) in [5, 5.41) is 14.0. The van der Waals surface area contributed by atoms with E-state index in [4.69, 9.17) is 9.47 Å². The van der Waals surface area contributed by atoms with Gasteiger partial charge in [-0.2, -0.15) is 4.98 Å². The molecule has 11 nitrogen and oxygen atoms in total. The van der Waals surface area contributed by atoms with E-state index in [9.17, 15) is 14.7 Å². The fourth-order valence-corrected chi connectivity index (χ4v) is 5.81. The Morgan fingerprint density at radius 3 is 2.37 bits per heavy atom. The number of ether oxygens (including phenoxy) is 2. The molecule has 1 heterocycles. The summed E-state index contributed by atoms with van der Waals surface area (Å²) in [4.78, 5) is 40.6. The Hall–Kier alpha value is -5.42. The van der Waals surface area contributed by atoms with Gasteiger partial charge in [0.15, 0.2) is 0 Å². The number of hydrogen-bond acceptors (Lipinski definition) is 8. The monoisotopic (exact) mass is 666 g/mol. The summed E-state index contributed by atoms with van der Waals surface area (Å²) < 4.78 is 11.3. The molecule has 4 aromatic rings. The molecule has 0 aliphatic carbocycles. The minimum Gasteiger partial charge on any atom is -0.497 e. The minimum atomic E-state index is -1.22. The van der Waals surface area contributed by atoms with Crippen molar-refractivity contribution in [3.8, 4) is 11.5 Å². The van der Waals surface area contributed by atoms with Gasteiger partial charge in [-0.3, -0.25) is 4.79 Å². The Balaban J connectivity index is 1.71. The van der Waals surface area contributed by atoms with Crippen LogP contribution in [-0.2, 0) is 6.42 Å². The topological polar surface area (TPSA) is 120 Å². The number of amides is 2. The van der Waals surface area contributed by atoms with E-state index in [0.717, 1.165) is 36.3 Å². The van der Waals surface area contributed by atoms with Gasteiger partial charge in [0.1, 0.15) is 17.3 Å². The van der Waals surface area contributed by atoms with E-state index in [-0.39, 0.29) is 17.7 Å². The molecule has 11 heteroatoms. The van der Waals surface area contributed by atoms with Crippen LogP contribution in [0.15, 0.2) is 85.6 Å². The smallest absolute Gasteiger partial charge is 0.413 e. The Bertz CT molecular complexity index is 1740. The number of allylic oxidation sites excluding steroid dienone is 1. The number of carbonyl (C=O) groups is 2. The zero-order chi connectivity index (χ0) is 35.5. The third-order valence-corrected chi connectivity index (χ3v) is 8.52. The Kier molecular flexibility index (Phi) is 12.7. The van der Waals surface area contributed by atoms with Gasteiger partial charge >= 0.3 is 6.09 Å². The molecule has 4 rings (SSSR count). The van der Waals surface area contributed by atoms with E-state index in [1.54, 1.807) is 80.8 Å². The Morgan fingerprint density at radius 2 is 1.73 bits per heavy atom. The van der Waals surface area contributed by atoms with E-state index >= 15 is 0 Å². The lowest BCUT2D eigenvalue weighted by atomic mass is 9.88. The summed E-state index contributed by atoms with van der Waals surface area (Å²) in [6.07, 6.45) is 2.60. The van der Waals surface area contributed by atoms with Crippen molar-refractivity contribution in [2.45, 2.75) is 33.2 Å². The van der Waals surface area contributed by atoms with Gasteiger partial charge in [0.2, 0.25) is 5.95 Å². The lowest BCUT2D eigenvalue weighted by Crippen LogP contribution is -2.36. The lowest BCUT2D eigenvalue weighted by Gasteiger charge is -2.33. The molecule has 3 aromatic carbocycles. The third-order valence-electron chi connectivity index (χ3n) is 8.52. The number of aromatic nitrogens is 2. The molecule has 0 aliphatic rings. The molecule has 1 atom stereocenters. The summed E-state index contributed by atoms with van der Waals surface area (Å²) in [5.41, 5.74) is 4.37. The van der Waals surface area contributed by atoms with Crippen molar-refractivity contribution < 1.29 is 24.2 Å². The number of carbonyl (C=O) groups excluding carboxylic acids is 1. The maximum atomic E-state index is 13.3. The molecule has 0 bridgehead atoms. The number of anilines is 3. The Morgan fingerprint density at radius 1 is 1.00 bits per heavy atom. The number of rotatable bonds is 16. The number of carboxylic acid groups (broad SMARTS) is 1. The van der Waals surface area contributed by atoms with Crippen LogP contribution in [0.4, 0.5) is 22.2 Å². The first-order valence-corrected chi connectivity index (χ1v) is 16.3. The van der Waals surface area contributed by atoms with Crippen LogP contribution in [0.2, 0.25) is 0 Å². The molecule has 2 N–H and O–H groups in total. The molecule has 0 spiro atoms. The van der Waals surface area contributed by atoms with E-state index in [1.165, 1.54) is 11.1 Å². The molecule has 2 amide bonds. The number of hydrogen-bond donors (Lipinski definition) is 2. The first-order valence-electron chi connectivity index (χ1n) is 16.3. The van der Waals surface area contributed by atoms with Crippen molar-refractivity contribution in [2.75, 3.05) is 57.7 Å². The highest BCUT2D eigenvalue weighted by molar-refractivity contribution is 5.94. The second kappa shape index (κ2) is 17.1. The number of nitrogens with one attached hydrogen (secondary N) is 1. The van der Waals surface area contributed by atoms with Gasteiger partial charge in [-0.05, 0) is 91.7 Å². The van der Waals surface area contributed by atoms with Gasteiger partial charge in [-0.15, -0.1) is 6.58 Å². The summed E-state index contributed by atoms with van der Waals surface area (Å²) >= 11 is 0. The van der Waals surface area contributed by atoms with Gasteiger partial charge in [0.25, 0.3) is 5.91 Å². The maximum Gasteiger partial charge on any atom is 0.413 e. The van der Waals surface area contributed by atoms with Crippen LogP contribution in [-0.4, -0.2) is 84.3 Å². The van der Waals surface area contributed by atoms with Crippen LogP contribution < -0.4 is 19.7 Å². The van der Waals surface area contributed by atoms with Crippen molar-refractivity contribution in [3.05, 3.63) is 113 Å². The molecular weight excluding hydrogens is 620 g/mol. The van der Waals surface area contributed by atoms with Crippen molar-refractivity contribution >= 4 is 29.5 Å². The van der Waals surface area contributed by atoms with Crippen LogP contribution in [0.5, 0.6) is 11.5 Å². The normalized spacial score (nSPS) is 11.5. The second-order valence-corrected chi connectivity index (χ2v) is 11.5. The fourth-order valence-electron chi connectivity index (χ4n) is 5.81. The first kappa shape index (κ1) is 36.4. The van der Waals surface area contributed by atoms with Crippen LogP contribution in [0.3, 0.4) is 0 Å². The number of methoxy groups -OCH3 is 2. The van der Waals surface area contributed by atoms with Crippen molar-refractivity contribution in [1.82, 2.24) is 19.8 Å². The molecule has 1 unspecified atom stereocenters. The summed E-state index contributed by atoms with van der Waals surface area (Å²) in [6, 6.07) is 18.9. The zero-order valence-corrected chi connectivity index (χ0v) is 29.1. The van der Waals surface area contributed by atoms with Gasteiger partial charge in [0, 0.05) is 43.1 Å². The van der Waals surface area contributed by atoms with E-state index < -0.39 is 12.1 Å². The molecule has 0 saturated heterocycles. The number of aryl methyl sites for hydroxylation is 1. The highest BCUT2D eigenvalue weighted by atomic mass is 16.5. The van der Waals surface area contributed by atoms with Gasteiger partial charge < -0.3 is 29.7 Å². The molecule has 0 aliphatic heterocycles. The highest BCUT2D eigenvalue weighted by Crippen LogP contribution is 2.42. The van der Waals surface area contributed by atoms with Crippen molar-refractivity contribution in [1.29, 1.82) is 0 Å². The standard InChI is InChI=1S/C38H46N6O5/c1-8-12-27-14-11-13-26(4)34(27)35(31-25-30(48-6)19-20-32(31)49-7)44(38(46)47)33-21-22-39-37(41-33)40-29-17-15-28(16-18-29)36(45)42(5)23-24-43(9-2)10-3/h8,11,13-22,25,35H,1,9-10,12,23-24H2,2-7H3,(H,46,47)(H,39,40,41). The van der Waals surface area contributed by atoms with Gasteiger partial charge in [-0.25, -0.2) is 14.7 Å². The Labute approximate surface area is 288 Å². The van der Waals surface area contributed by atoms with Crippen molar-refractivity contribution in [3.63, 3.8) is 0 Å². The summed E-state index contributed by atoms with van der Waals surface area (Å²) in [7, 11) is 4.91. The SMILES string of the molecule is C=CCc1cccc(C)c1C(c1cc(OC)ccc1OC)N(C(=O)O)c1ccnc(Nc2ccc(C(=O)N(C)CCN(CC)CC)cc2)n1. The van der Waals surface area contributed by atoms with Gasteiger partial charge in [0.05, 0.1) is 20.3 Å². The lowest BCUT2D eigenvalue weighted by molar-refractivity contribution is 0.0779. The average Bonchev–Trinajstić information content (AvgIpc) is 3.11. The van der Waals surface area contributed by atoms with E-state index in [0.29, 0.717) is 41.3 Å². The summed E-state index contributed by atoms with van der Waals surface area (Å²) in [6.45, 7) is 13.4. The molecule has 1 aromatic heterocycles. The fraction of sp³-hybridized carbons (Fsp3) is 0.316. The quantitative estimate of drug-likeness (QED) is 0.122. The molecule has 0 fully saturated rings. The second-order valence-electron chi connectivity index (χ2n) is 11.5. The molecule has 258 valence electrons. The first-order chi connectivity index (χ1) is 23.6. The van der Waals surface area contributed by atoms with Crippen molar-refractivity contribution in [2.24, 2.45) is 0 Å². The van der Waals surface area contributed by atoms with Crippen LogP contribution in [0.1, 0.15) is 52.5 Å². The molecule has 0 radical (unpaired) electrons. The highest BCUT2D eigenvalue weighted by Gasteiger charge is 2.34. The average molecular weight is 667 g/mol. The van der Waals surface area contributed by atoms with E-state index in [1.807, 2.05) is 25.1 Å². The molecular formula is C38H46N6O5. The maximum absolute atomic E-state index is 13.3. The van der Waals surface area contributed by atoms with E-state index in [2.05, 4.69) is 40.6 Å². The molecule has 0 saturated carbocycles. The minimum absolute atomic E-state index is 0.0694. The zero-order valence-electron chi connectivity index (χ0n) is 29.1. The third kappa shape index (κ3) is 8.74. The predicted octanol–water partition coefficient (Wildman–Crippen LogP) is 6.96. The number of benzene rings is 3. The van der Waals surface area contributed by atoms with Crippen LogP contribution >= 0.6 is 0 Å².